The summed E-state index contributed by atoms with van der Waals surface area (Å²) in [5, 5.41) is 8.72. The van der Waals surface area contributed by atoms with E-state index in [1.54, 1.807) is 23.6 Å². The smallest absolute Gasteiger partial charge is 0.367 e. The van der Waals surface area contributed by atoms with E-state index in [0.29, 0.717) is 0 Å². The van der Waals surface area contributed by atoms with Crippen molar-refractivity contribution in [3.05, 3.63) is 38.5 Å². The molecule has 0 saturated heterocycles. The molecule has 0 radical (unpaired) electrons. The zero-order valence-corrected chi connectivity index (χ0v) is 13.4. The second kappa shape index (κ2) is 7.33. The van der Waals surface area contributed by atoms with Gasteiger partial charge in [0.1, 0.15) is 5.69 Å². The molecule has 0 bridgehead atoms. The lowest BCUT2D eigenvalue weighted by molar-refractivity contribution is 0.0526. The first-order chi connectivity index (χ1) is 10.1. The monoisotopic (exact) mass is 324 g/mol. The Kier molecular flexibility index (Phi) is 5.46. The first-order valence-electron chi connectivity index (χ1n) is 6.54. The van der Waals surface area contributed by atoms with E-state index in [1.165, 1.54) is 5.56 Å². The maximum Gasteiger partial charge on any atom is 0.367 e. The molecular weight excluding hydrogens is 308 g/mol. The van der Waals surface area contributed by atoms with Gasteiger partial charge in [-0.05, 0) is 42.7 Å². The van der Waals surface area contributed by atoms with E-state index in [-0.39, 0.29) is 29.3 Å². The minimum Gasteiger partial charge on any atom is -0.461 e. The SMILES string of the molecule is CCOC(=O)c1nc(C(=O)NC(C)Cc2ccsc2)cs1. The largest absolute Gasteiger partial charge is 0.461 e. The van der Waals surface area contributed by atoms with Gasteiger partial charge in [0.2, 0.25) is 5.01 Å². The lowest BCUT2D eigenvalue weighted by Gasteiger charge is -2.11. The first kappa shape index (κ1) is 15.7. The highest BCUT2D eigenvalue weighted by Crippen LogP contribution is 2.12. The number of thiophene rings is 1. The second-order valence-corrected chi connectivity index (χ2v) is 6.11. The van der Waals surface area contributed by atoms with Crippen molar-refractivity contribution in [2.45, 2.75) is 26.3 Å². The molecule has 0 spiro atoms. The quantitative estimate of drug-likeness (QED) is 0.830. The highest BCUT2D eigenvalue weighted by Gasteiger charge is 2.17. The van der Waals surface area contributed by atoms with E-state index in [0.717, 1.165) is 17.8 Å². The Labute approximate surface area is 131 Å². The van der Waals surface area contributed by atoms with Crippen LogP contribution in [-0.2, 0) is 11.2 Å². The summed E-state index contributed by atoms with van der Waals surface area (Å²) >= 11 is 2.75. The molecule has 0 aromatic carbocycles. The van der Waals surface area contributed by atoms with Gasteiger partial charge in [-0.3, -0.25) is 4.79 Å². The minimum atomic E-state index is -0.493. The van der Waals surface area contributed by atoms with Crippen LogP contribution in [0.5, 0.6) is 0 Å². The van der Waals surface area contributed by atoms with E-state index >= 15 is 0 Å². The van der Waals surface area contributed by atoms with Crippen LogP contribution in [0.15, 0.2) is 22.2 Å². The second-order valence-electron chi connectivity index (χ2n) is 4.47. The molecule has 2 heterocycles. The Morgan fingerprint density at radius 3 is 2.90 bits per heavy atom. The number of ether oxygens (including phenoxy) is 1. The van der Waals surface area contributed by atoms with Crippen molar-refractivity contribution in [2.24, 2.45) is 0 Å². The Hall–Kier alpha value is -1.73. The number of nitrogens with one attached hydrogen (secondary N) is 1. The predicted octanol–water partition coefficient (Wildman–Crippen LogP) is 2.74. The average Bonchev–Trinajstić information content (AvgIpc) is 3.09. The van der Waals surface area contributed by atoms with Crippen molar-refractivity contribution in [3.8, 4) is 0 Å². The number of esters is 1. The van der Waals surface area contributed by atoms with Crippen molar-refractivity contribution in [2.75, 3.05) is 6.61 Å². The van der Waals surface area contributed by atoms with Crippen LogP contribution in [0.1, 0.15) is 39.7 Å². The van der Waals surface area contributed by atoms with Crippen molar-refractivity contribution >= 4 is 34.6 Å². The van der Waals surface area contributed by atoms with Gasteiger partial charge < -0.3 is 10.1 Å². The molecule has 2 aromatic rings. The third kappa shape index (κ3) is 4.37. The molecule has 0 aliphatic carbocycles. The fourth-order valence-electron chi connectivity index (χ4n) is 1.78. The van der Waals surface area contributed by atoms with Crippen LogP contribution >= 0.6 is 22.7 Å². The van der Waals surface area contributed by atoms with Crippen LogP contribution < -0.4 is 5.32 Å². The van der Waals surface area contributed by atoms with Crippen LogP contribution in [0.25, 0.3) is 0 Å². The van der Waals surface area contributed by atoms with Gasteiger partial charge in [0.05, 0.1) is 6.61 Å². The zero-order valence-electron chi connectivity index (χ0n) is 11.8. The Morgan fingerprint density at radius 2 is 2.24 bits per heavy atom. The van der Waals surface area contributed by atoms with Crippen molar-refractivity contribution in [1.82, 2.24) is 10.3 Å². The van der Waals surface area contributed by atoms with Crippen LogP contribution in [-0.4, -0.2) is 29.5 Å². The molecule has 1 unspecified atom stereocenters. The topological polar surface area (TPSA) is 68.3 Å². The van der Waals surface area contributed by atoms with Gasteiger partial charge in [0, 0.05) is 11.4 Å². The molecule has 0 aliphatic heterocycles. The fraction of sp³-hybridized carbons (Fsp3) is 0.357. The van der Waals surface area contributed by atoms with E-state index in [2.05, 4.69) is 15.7 Å². The third-order valence-corrected chi connectivity index (χ3v) is 4.24. The summed E-state index contributed by atoms with van der Waals surface area (Å²) in [6.07, 6.45) is 0.768. The molecule has 1 amide bonds. The highest BCUT2D eigenvalue weighted by molar-refractivity contribution is 7.11. The van der Waals surface area contributed by atoms with Gasteiger partial charge in [-0.2, -0.15) is 11.3 Å². The van der Waals surface area contributed by atoms with Crippen LogP contribution in [0, 0.1) is 0 Å². The Balaban J connectivity index is 1.92. The molecule has 112 valence electrons. The van der Waals surface area contributed by atoms with Crippen molar-refractivity contribution in [3.63, 3.8) is 0 Å². The maximum absolute atomic E-state index is 12.1. The number of thiazole rings is 1. The standard InChI is InChI=1S/C14H16N2O3S2/c1-3-19-14(18)13-16-11(8-21-13)12(17)15-9(2)6-10-4-5-20-7-10/h4-5,7-9H,3,6H2,1-2H3,(H,15,17). The molecule has 7 heteroatoms. The van der Waals surface area contributed by atoms with Gasteiger partial charge >= 0.3 is 5.97 Å². The summed E-state index contributed by atoms with van der Waals surface area (Å²) in [5.74, 6) is -0.766. The van der Waals surface area contributed by atoms with Gasteiger partial charge in [0.15, 0.2) is 0 Å². The number of carbonyl (C=O) groups excluding carboxylic acids is 2. The number of nitrogens with zero attached hydrogens (tertiary/aromatic N) is 1. The molecule has 2 aromatic heterocycles. The number of carbonyl (C=O) groups is 2. The van der Waals surface area contributed by atoms with Crippen LogP contribution in [0.3, 0.4) is 0 Å². The van der Waals surface area contributed by atoms with E-state index in [9.17, 15) is 9.59 Å². The van der Waals surface area contributed by atoms with Crippen molar-refractivity contribution < 1.29 is 14.3 Å². The summed E-state index contributed by atoms with van der Waals surface area (Å²) in [7, 11) is 0. The molecule has 0 fully saturated rings. The zero-order chi connectivity index (χ0) is 15.2. The molecule has 1 atom stereocenters. The number of hydrogen-bond donors (Lipinski definition) is 1. The lowest BCUT2D eigenvalue weighted by Crippen LogP contribution is -2.34. The maximum atomic E-state index is 12.1. The molecule has 0 aliphatic rings. The predicted molar refractivity (Wildman–Crippen MR) is 83.0 cm³/mol. The van der Waals surface area contributed by atoms with E-state index in [1.807, 2.05) is 18.4 Å². The molecular formula is C14H16N2O3S2. The van der Waals surface area contributed by atoms with Gasteiger partial charge in [0.25, 0.3) is 5.91 Å². The highest BCUT2D eigenvalue weighted by atomic mass is 32.1. The lowest BCUT2D eigenvalue weighted by atomic mass is 10.1. The summed E-state index contributed by atoms with van der Waals surface area (Å²) in [6, 6.07) is 2.04. The molecule has 21 heavy (non-hydrogen) atoms. The molecule has 5 nitrogen and oxygen atoms in total. The Bertz CT molecular complexity index is 608. The number of amides is 1. The third-order valence-electron chi connectivity index (χ3n) is 2.69. The van der Waals surface area contributed by atoms with Gasteiger partial charge in [-0.1, -0.05) is 0 Å². The molecule has 0 saturated carbocycles. The Morgan fingerprint density at radius 1 is 1.43 bits per heavy atom. The van der Waals surface area contributed by atoms with E-state index < -0.39 is 5.97 Å². The number of hydrogen-bond acceptors (Lipinski definition) is 6. The van der Waals surface area contributed by atoms with Crippen molar-refractivity contribution in [1.29, 1.82) is 0 Å². The molecule has 2 rings (SSSR count). The summed E-state index contributed by atoms with van der Waals surface area (Å²) in [5.41, 5.74) is 1.44. The number of rotatable bonds is 6. The van der Waals surface area contributed by atoms with Gasteiger partial charge in [-0.25, -0.2) is 9.78 Å². The van der Waals surface area contributed by atoms with Crippen LogP contribution in [0.2, 0.25) is 0 Å². The first-order valence-corrected chi connectivity index (χ1v) is 8.37. The summed E-state index contributed by atoms with van der Waals surface area (Å²) in [4.78, 5) is 27.6. The fourth-order valence-corrected chi connectivity index (χ4v) is 3.15. The summed E-state index contributed by atoms with van der Waals surface area (Å²) in [6.45, 7) is 3.96. The molecule has 1 N–H and O–H groups in total. The van der Waals surface area contributed by atoms with Crippen LogP contribution in [0.4, 0.5) is 0 Å². The van der Waals surface area contributed by atoms with Gasteiger partial charge in [-0.15, -0.1) is 11.3 Å². The van der Waals surface area contributed by atoms with E-state index in [4.69, 9.17) is 4.74 Å². The summed E-state index contributed by atoms with van der Waals surface area (Å²) < 4.78 is 4.85. The number of aromatic nitrogens is 1. The minimum absolute atomic E-state index is 0.000145. The normalized spacial score (nSPS) is 11.9. The average molecular weight is 324 g/mol.